The SMILES string of the molecule is CCC.c1ccc(-c2ccc(-c3nc(-c4ccc(-c5ccccc5)cc4)nc(-n4c5cc6ccccc6cc5c5cccc(-c6cccc7oc8ccccc8c67)c54)n3)cc2)cc1. The zero-order chi connectivity index (χ0) is 42.3. The summed E-state index contributed by atoms with van der Waals surface area (Å²) in [5, 5.41) is 6.71. The van der Waals surface area contributed by atoms with Crippen LogP contribution in [0.15, 0.2) is 211 Å². The summed E-state index contributed by atoms with van der Waals surface area (Å²) in [5.41, 5.74) is 12.3. The molecule has 0 spiro atoms. The van der Waals surface area contributed by atoms with Crippen molar-refractivity contribution in [3.05, 3.63) is 206 Å². The van der Waals surface area contributed by atoms with Gasteiger partial charge in [0.15, 0.2) is 11.6 Å². The lowest BCUT2D eigenvalue weighted by molar-refractivity contribution is 0.669. The first-order valence-electron chi connectivity index (χ1n) is 21.6. The van der Waals surface area contributed by atoms with Crippen molar-refractivity contribution < 1.29 is 4.42 Å². The summed E-state index contributed by atoms with van der Waals surface area (Å²) in [6.45, 7) is 4.25. The molecule has 3 aromatic heterocycles. The van der Waals surface area contributed by atoms with E-state index in [1.807, 2.05) is 24.3 Å². The van der Waals surface area contributed by atoms with Gasteiger partial charge in [-0.05, 0) is 62.9 Å². The van der Waals surface area contributed by atoms with Gasteiger partial charge in [0.2, 0.25) is 5.95 Å². The molecule has 12 rings (SSSR count). The van der Waals surface area contributed by atoms with E-state index in [9.17, 15) is 0 Å². The van der Waals surface area contributed by atoms with E-state index in [4.69, 9.17) is 19.4 Å². The van der Waals surface area contributed by atoms with Gasteiger partial charge in [0, 0.05) is 38.2 Å². The molecule has 0 aliphatic rings. The average molecular weight is 811 g/mol. The zero-order valence-corrected chi connectivity index (χ0v) is 35.0. The molecule has 3 heterocycles. The van der Waals surface area contributed by atoms with E-state index in [-0.39, 0.29) is 0 Å². The van der Waals surface area contributed by atoms with Crippen LogP contribution >= 0.6 is 0 Å². The number of para-hydroxylation sites is 2. The first-order chi connectivity index (χ1) is 31.1. The van der Waals surface area contributed by atoms with Crippen molar-refractivity contribution in [2.24, 2.45) is 0 Å². The van der Waals surface area contributed by atoms with Crippen LogP contribution in [0.5, 0.6) is 0 Å². The van der Waals surface area contributed by atoms with Gasteiger partial charge in [0.1, 0.15) is 11.2 Å². The van der Waals surface area contributed by atoms with Crippen molar-refractivity contribution in [1.29, 1.82) is 0 Å². The van der Waals surface area contributed by atoms with Crippen molar-refractivity contribution in [2.75, 3.05) is 0 Å². The van der Waals surface area contributed by atoms with Crippen LogP contribution in [0.4, 0.5) is 0 Å². The quantitative estimate of drug-likeness (QED) is 0.168. The number of hydrogen-bond donors (Lipinski definition) is 0. The average Bonchev–Trinajstić information content (AvgIpc) is 3.90. The Morgan fingerprint density at radius 1 is 0.397 bits per heavy atom. The standard InChI is InChI=1S/C55H34N4O.C3H8/c1-3-13-35(14-4-1)37-25-29-39(30-26-37)53-56-54(40-31-27-38(28-32-40)36-15-5-2-6-16-36)58-55(57-53)59-48-34-42-18-8-7-17-41(42)33-47(48)45-22-11-21-44(52(45)59)43-20-12-24-50-51(43)46-19-9-10-23-49(46)60-50;1-3-2/h1-34H;3H2,1-2H3. The van der Waals surface area contributed by atoms with Gasteiger partial charge < -0.3 is 4.42 Å². The summed E-state index contributed by atoms with van der Waals surface area (Å²) in [6.07, 6.45) is 1.25. The molecule has 9 aromatic carbocycles. The first-order valence-corrected chi connectivity index (χ1v) is 21.6. The number of benzene rings is 9. The second-order valence-electron chi connectivity index (χ2n) is 15.9. The number of rotatable bonds is 6. The molecule has 0 bridgehead atoms. The number of nitrogens with zero attached hydrogens (tertiary/aromatic N) is 4. The Morgan fingerprint density at radius 2 is 0.873 bits per heavy atom. The fourth-order valence-corrected chi connectivity index (χ4v) is 8.78. The van der Waals surface area contributed by atoms with E-state index < -0.39 is 0 Å². The predicted octanol–water partition coefficient (Wildman–Crippen LogP) is 15.8. The highest BCUT2D eigenvalue weighted by molar-refractivity contribution is 6.20. The smallest absolute Gasteiger partial charge is 0.238 e. The van der Waals surface area contributed by atoms with Crippen LogP contribution in [0, 0.1) is 0 Å². The molecule has 12 aromatic rings. The van der Waals surface area contributed by atoms with Crippen LogP contribution in [-0.4, -0.2) is 19.5 Å². The third-order valence-corrected chi connectivity index (χ3v) is 11.7. The third kappa shape index (κ3) is 6.81. The van der Waals surface area contributed by atoms with Gasteiger partial charge in [-0.1, -0.05) is 202 Å². The lowest BCUT2D eigenvalue weighted by Gasteiger charge is -2.14. The van der Waals surface area contributed by atoms with Gasteiger partial charge in [-0.15, -0.1) is 0 Å². The maximum Gasteiger partial charge on any atom is 0.238 e. The molecule has 0 aliphatic heterocycles. The van der Waals surface area contributed by atoms with Crippen molar-refractivity contribution >= 4 is 54.5 Å². The molecule has 0 amide bonds. The molecule has 0 radical (unpaired) electrons. The summed E-state index contributed by atoms with van der Waals surface area (Å²) >= 11 is 0. The Kier molecular flexibility index (Phi) is 9.63. The Hall–Kier alpha value is -8.15. The topological polar surface area (TPSA) is 56.7 Å². The van der Waals surface area contributed by atoms with E-state index >= 15 is 0 Å². The number of aromatic nitrogens is 4. The third-order valence-electron chi connectivity index (χ3n) is 11.7. The van der Waals surface area contributed by atoms with E-state index in [1.54, 1.807) is 0 Å². The van der Waals surface area contributed by atoms with E-state index in [0.29, 0.717) is 17.6 Å². The number of furan rings is 1. The molecule has 63 heavy (non-hydrogen) atoms. The Morgan fingerprint density at radius 3 is 1.51 bits per heavy atom. The minimum Gasteiger partial charge on any atom is -0.456 e. The van der Waals surface area contributed by atoms with Gasteiger partial charge in [-0.3, -0.25) is 4.57 Å². The molecule has 0 saturated heterocycles. The molecular formula is C58H42N4O. The molecule has 300 valence electrons. The molecule has 0 unspecified atom stereocenters. The van der Waals surface area contributed by atoms with Gasteiger partial charge in [0.25, 0.3) is 0 Å². The summed E-state index contributed by atoms with van der Waals surface area (Å²) in [7, 11) is 0. The van der Waals surface area contributed by atoms with Crippen molar-refractivity contribution in [3.8, 4) is 62.1 Å². The molecule has 0 fully saturated rings. The van der Waals surface area contributed by atoms with Crippen molar-refractivity contribution in [2.45, 2.75) is 20.3 Å². The lowest BCUT2D eigenvalue weighted by Crippen LogP contribution is -2.07. The van der Waals surface area contributed by atoms with E-state index in [2.05, 4.69) is 200 Å². The van der Waals surface area contributed by atoms with Crippen LogP contribution in [0.2, 0.25) is 0 Å². The molecule has 0 N–H and O–H groups in total. The van der Waals surface area contributed by atoms with E-state index in [0.717, 1.165) is 93.6 Å². The summed E-state index contributed by atoms with van der Waals surface area (Å²) in [4.78, 5) is 16.0. The molecule has 0 saturated carbocycles. The van der Waals surface area contributed by atoms with Crippen LogP contribution in [0.3, 0.4) is 0 Å². The van der Waals surface area contributed by atoms with Gasteiger partial charge in [0.05, 0.1) is 11.0 Å². The Balaban J connectivity index is 0.00000144. The number of fused-ring (bicyclic) bond motifs is 7. The normalized spacial score (nSPS) is 11.4. The summed E-state index contributed by atoms with van der Waals surface area (Å²) in [6, 6.07) is 72.2. The maximum absolute atomic E-state index is 6.42. The first kappa shape index (κ1) is 37.8. The van der Waals surface area contributed by atoms with Crippen LogP contribution < -0.4 is 0 Å². The van der Waals surface area contributed by atoms with E-state index in [1.165, 1.54) is 11.8 Å². The van der Waals surface area contributed by atoms with Crippen molar-refractivity contribution in [1.82, 2.24) is 19.5 Å². The fraction of sp³-hybridized carbons (Fsp3) is 0.0517. The lowest BCUT2D eigenvalue weighted by atomic mass is 9.97. The highest BCUT2D eigenvalue weighted by atomic mass is 16.3. The maximum atomic E-state index is 6.42. The Labute approximate surface area is 365 Å². The monoisotopic (exact) mass is 810 g/mol. The summed E-state index contributed by atoms with van der Waals surface area (Å²) < 4.78 is 8.66. The van der Waals surface area contributed by atoms with Crippen LogP contribution in [-0.2, 0) is 0 Å². The fourth-order valence-electron chi connectivity index (χ4n) is 8.78. The minimum absolute atomic E-state index is 0.543. The van der Waals surface area contributed by atoms with Crippen LogP contribution in [0.25, 0.3) is 117 Å². The van der Waals surface area contributed by atoms with Gasteiger partial charge >= 0.3 is 0 Å². The van der Waals surface area contributed by atoms with Crippen LogP contribution in [0.1, 0.15) is 20.3 Å². The molecule has 5 nitrogen and oxygen atoms in total. The zero-order valence-electron chi connectivity index (χ0n) is 35.0. The second kappa shape index (κ2) is 16.0. The van der Waals surface area contributed by atoms with Crippen molar-refractivity contribution in [3.63, 3.8) is 0 Å². The predicted molar refractivity (Wildman–Crippen MR) is 262 cm³/mol. The minimum atomic E-state index is 0.543. The highest BCUT2D eigenvalue weighted by Gasteiger charge is 2.23. The Bertz CT molecular complexity index is 3490. The second-order valence-corrected chi connectivity index (χ2v) is 15.9. The molecular weight excluding hydrogens is 769 g/mol. The van der Waals surface area contributed by atoms with Gasteiger partial charge in [-0.25, -0.2) is 4.98 Å². The highest BCUT2D eigenvalue weighted by Crippen LogP contribution is 2.43. The molecule has 0 aliphatic carbocycles. The largest absolute Gasteiger partial charge is 0.456 e. The number of hydrogen-bond acceptors (Lipinski definition) is 4. The molecule has 5 heteroatoms. The summed E-state index contributed by atoms with van der Waals surface area (Å²) in [5.74, 6) is 1.73. The van der Waals surface area contributed by atoms with Gasteiger partial charge in [-0.2, -0.15) is 9.97 Å². The molecule has 0 atom stereocenters.